The lowest BCUT2D eigenvalue weighted by Gasteiger charge is -2.12. The van der Waals surface area contributed by atoms with Gasteiger partial charge in [0.25, 0.3) is 0 Å². The van der Waals surface area contributed by atoms with Gasteiger partial charge in [-0.2, -0.15) is 0 Å². The number of rotatable bonds is 2. The number of aromatic nitrogens is 1. The van der Waals surface area contributed by atoms with Gasteiger partial charge in [-0.3, -0.25) is 10.3 Å². The van der Waals surface area contributed by atoms with E-state index in [1.54, 1.807) is 6.92 Å². The summed E-state index contributed by atoms with van der Waals surface area (Å²) in [6.45, 7) is 3.93. The third kappa shape index (κ3) is 3.42. The SMILES string of the molecule is CCOC(=O)NC(=S)Nc1cc(C)nc2ccccc12. The number of amides is 1. The first kappa shape index (κ1) is 14.2. The number of para-hydroxylation sites is 1. The zero-order valence-electron chi connectivity index (χ0n) is 11.3. The Morgan fingerprint density at radius 1 is 1.40 bits per heavy atom. The molecule has 0 fully saturated rings. The van der Waals surface area contributed by atoms with Crippen molar-refractivity contribution in [2.45, 2.75) is 13.8 Å². The number of hydrogen-bond acceptors (Lipinski definition) is 4. The maximum absolute atomic E-state index is 11.3. The van der Waals surface area contributed by atoms with Crippen LogP contribution in [0.25, 0.3) is 10.9 Å². The van der Waals surface area contributed by atoms with Gasteiger partial charge in [0.2, 0.25) is 0 Å². The van der Waals surface area contributed by atoms with Crippen LogP contribution in [0.4, 0.5) is 10.5 Å². The van der Waals surface area contributed by atoms with Crippen molar-refractivity contribution in [1.29, 1.82) is 0 Å². The fraction of sp³-hybridized carbons (Fsp3) is 0.214. The van der Waals surface area contributed by atoms with Crippen molar-refractivity contribution in [2.75, 3.05) is 11.9 Å². The van der Waals surface area contributed by atoms with Crippen LogP contribution in [0.3, 0.4) is 0 Å². The molecule has 0 atom stereocenters. The van der Waals surface area contributed by atoms with Gasteiger partial charge in [0, 0.05) is 11.1 Å². The van der Waals surface area contributed by atoms with Crippen LogP contribution in [0.1, 0.15) is 12.6 Å². The number of benzene rings is 1. The van der Waals surface area contributed by atoms with E-state index in [4.69, 9.17) is 17.0 Å². The molecule has 0 unspecified atom stereocenters. The van der Waals surface area contributed by atoms with Crippen LogP contribution in [0, 0.1) is 6.92 Å². The van der Waals surface area contributed by atoms with E-state index in [1.807, 2.05) is 37.3 Å². The highest BCUT2D eigenvalue weighted by atomic mass is 32.1. The first-order valence-electron chi connectivity index (χ1n) is 6.21. The van der Waals surface area contributed by atoms with Gasteiger partial charge in [0.15, 0.2) is 5.11 Å². The molecule has 0 spiro atoms. The van der Waals surface area contributed by atoms with Crippen molar-refractivity contribution in [2.24, 2.45) is 0 Å². The summed E-state index contributed by atoms with van der Waals surface area (Å²) in [7, 11) is 0. The van der Waals surface area contributed by atoms with E-state index in [1.165, 1.54) is 0 Å². The molecule has 0 aliphatic heterocycles. The standard InChI is InChI=1S/C14H15N3O2S/c1-3-19-14(18)17-13(20)16-12-8-9(2)15-11-7-5-4-6-10(11)12/h4-8H,3H2,1-2H3,(H2,15,16,17,18,20). The molecule has 1 amide bonds. The summed E-state index contributed by atoms with van der Waals surface area (Å²) in [6.07, 6.45) is -0.569. The highest BCUT2D eigenvalue weighted by Crippen LogP contribution is 2.22. The van der Waals surface area contributed by atoms with Crippen molar-refractivity contribution in [3.05, 3.63) is 36.0 Å². The van der Waals surface area contributed by atoms with E-state index in [0.29, 0.717) is 6.61 Å². The van der Waals surface area contributed by atoms with E-state index in [-0.39, 0.29) is 5.11 Å². The smallest absolute Gasteiger partial charge is 0.413 e. The number of ether oxygens (including phenoxy) is 1. The molecule has 0 aliphatic rings. The van der Waals surface area contributed by atoms with Gasteiger partial charge in [-0.25, -0.2) is 4.79 Å². The second-order valence-electron chi connectivity index (χ2n) is 4.13. The van der Waals surface area contributed by atoms with E-state index < -0.39 is 6.09 Å². The van der Waals surface area contributed by atoms with Crippen LogP contribution >= 0.6 is 12.2 Å². The molecule has 2 rings (SSSR count). The van der Waals surface area contributed by atoms with Crippen molar-refractivity contribution in [3.63, 3.8) is 0 Å². The molecule has 2 aromatic rings. The van der Waals surface area contributed by atoms with E-state index >= 15 is 0 Å². The molecule has 0 saturated heterocycles. The third-order valence-corrected chi connectivity index (χ3v) is 2.79. The molecule has 20 heavy (non-hydrogen) atoms. The molecule has 104 valence electrons. The average Bonchev–Trinajstić information content (AvgIpc) is 2.38. The minimum Gasteiger partial charge on any atom is -0.450 e. The Labute approximate surface area is 122 Å². The van der Waals surface area contributed by atoms with E-state index in [0.717, 1.165) is 22.3 Å². The first-order chi connectivity index (χ1) is 9.60. The number of carbonyl (C=O) groups is 1. The molecule has 1 aromatic carbocycles. The summed E-state index contributed by atoms with van der Waals surface area (Å²) in [5.74, 6) is 0. The van der Waals surface area contributed by atoms with Gasteiger partial charge in [-0.1, -0.05) is 18.2 Å². The summed E-state index contributed by atoms with van der Waals surface area (Å²) < 4.78 is 4.77. The summed E-state index contributed by atoms with van der Waals surface area (Å²) in [5, 5.41) is 6.58. The third-order valence-electron chi connectivity index (χ3n) is 2.58. The highest BCUT2D eigenvalue weighted by Gasteiger charge is 2.08. The van der Waals surface area contributed by atoms with Gasteiger partial charge in [0.1, 0.15) is 0 Å². The number of pyridine rings is 1. The number of carbonyl (C=O) groups excluding carboxylic acids is 1. The lowest BCUT2D eigenvalue weighted by Crippen LogP contribution is -2.34. The Morgan fingerprint density at radius 3 is 2.90 bits per heavy atom. The molecule has 0 bridgehead atoms. The van der Waals surface area contributed by atoms with Crippen molar-refractivity contribution in [1.82, 2.24) is 10.3 Å². The highest BCUT2D eigenvalue weighted by molar-refractivity contribution is 7.80. The molecule has 5 nitrogen and oxygen atoms in total. The molecular weight excluding hydrogens is 274 g/mol. The second kappa shape index (κ2) is 6.29. The summed E-state index contributed by atoms with van der Waals surface area (Å²) in [4.78, 5) is 15.7. The molecule has 1 heterocycles. The fourth-order valence-electron chi connectivity index (χ4n) is 1.82. The van der Waals surface area contributed by atoms with Gasteiger partial charge >= 0.3 is 6.09 Å². The average molecular weight is 289 g/mol. The van der Waals surface area contributed by atoms with E-state index in [2.05, 4.69) is 15.6 Å². The maximum atomic E-state index is 11.3. The lowest BCUT2D eigenvalue weighted by molar-refractivity contribution is 0.158. The fourth-order valence-corrected chi connectivity index (χ4v) is 2.02. The molecule has 0 saturated carbocycles. The molecule has 6 heteroatoms. The predicted molar refractivity (Wildman–Crippen MR) is 82.9 cm³/mol. The summed E-state index contributed by atoms with van der Waals surface area (Å²) in [6, 6.07) is 9.59. The van der Waals surface area contributed by atoms with Crippen LogP contribution < -0.4 is 10.6 Å². The van der Waals surface area contributed by atoms with E-state index in [9.17, 15) is 4.79 Å². The number of nitrogens with zero attached hydrogens (tertiary/aromatic N) is 1. The Balaban J connectivity index is 2.21. The van der Waals surface area contributed by atoms with Crippen molar-refractivity contribution >= 4 is 40.0 Å². The number of nitrogens with one attached hydrogen (secondary N) is 2. The molecular formula is C14H15N3O2S. The lowest BCUT2D eigenvalue weighted by atomic mass is 10.1. The Kier molecular flexibility index (Phi) is 4.47. The number of fused-ring (bicyclic) bond motifs is 1. The monoisotopic (exact) mass is 289 g/mol. The quantitative estimate of drug-likeness (QED) is 0.832. The van der Waals surface area contributed by atoms with Crippen LogP contribution in [-0.4, -0.2) is 22.8 Å². The first-order valence-corrected chi connectivity index (χ1v) is 6.62. The van der Waals surface area contributed by atoms with Gasteiger partial charge in [-0.15, -0.1) is 0 Å². The minimum absolute atomic E-state index is 0.194. The van der Waals surface area contributed by atoms with Crippen LogP contribution in [-0.2, 0) is 4.74 Å². The van der Waals surface area contributed by atoms with Crippen LogP contribution in [0.2, 0.25) is 0 Å². The van der Waals surface area contributed by atoms with Crippen LogP contribution in [0.5, 0.6) is 0 Å². The molecule has 2 N–H and O–H groups in total. The predicted octanol–water partition coefficient (Wildman–Crippen LogP) is 2.99. The Morgan fingerprint density at radius 2 is 2.15 bits per heavy atom. The molecule has 0 radical (unpaired) electrons. The van der Waals surface area contributed by atoms with Gasteiger partial charge in [-0.05, 0) is 38.2 Å². The largest absolute Gasteiger partial charge is 0.450 e. The number of anilines is 1. The number of thiocarbonyl (C=S) groups is 1. The maximum Gasteiger partial charge on any atom is 0.413 e. The normalized spacial score (nSPS) is 10.1. The number of aryl methyl sites for hydroxylation is 1. The van der Waals surface area contributed by atoms with Crippen molar-refractivity contribution < 1.29 is 9.53 Å². The van der Waals surface area contributed by atoms with Gasteiger partial charge < -0.3 is 10.1 Å². The summed E-state index contributed by atoms with van der Waals surface area (Å²) in [5.41, 5.74) is 2.54. The summed E-state index contributed by atoms with van der Waals surface area (Å²) >= 11 is 5.09. The minimum atomic E-state index is -0.569. The molecule has 1 aromatic heterocycles. The Hall–Kier alpha value is -2.21. The zero-order valence-corrected chi connectivity index (χ0v) is 12.1. The topological polar surface area (TPSA) is 63.2 Å². The van der Waals surface area contributed by atoms with Crippen LogP contribution in [0.15, 0.2) is 30.3 Å². The van der Waals surface area contributed by atoms with Crippen molar-refractivity contribution in [3.8, 4) is 0 Å². The Bertz CT molecular complexity index is 658. The number of hydrogen-bond donors (Lipinski definition) is 2. The second-order valence-corrected chi connectivity index (χ2v) is 4.54. The zero-order chi connectivity index (χ0) is 14.5. The van der Waals surface area contributed by atoms with Gasteiger partial charge in [0.05, 0.1) is 17.8 Å². The number of alkyl carbamates (subject to hydrolysis) is 1. The molecule has 0 aliphatic carbocycles.